The number of rotatable bonds is 5. The van der Waals surface area contributed by atoms with Crippen LogP contribution in [0, 0.1) is 6.92 Å². The first-order valence-electron chi connectivity index (χ1n) is 8.04. The molecule has 0 radical (unpaired) electrons. The Kier molecular flexibility index (Phi) is 4.90. The number of aryl methyl sites for hydroxylation is 1. The van der Waals surface area contributed by atoms with Gasteiger partial charge in [-0.15, -0.1) is 0 Å². The zero-order valence-electron chi connectivity index (χ0n) is 13.2. The number of aromatic nitrogens is 2. The molecule has 0 aliphatic heterocycles. The molecule has 122 valence electrons. The molecule has 1 saturated carbocycles. The molecule has 1 aromatic carbocycles. The molecule has 0 unspecified atom stereocenters. The van der Waals surface area contributed by atoms with Crippen LogP contribution in [-0.4, -0.2) is 28.7 Å². The molecule has 0 atom stereocenters. The van der Waals surface area contributed by atoms with Crippen LogP contribution in [0.15, 0.2) is 28.8 Å². The fraction of sp³-hybridized carbons (Fsp3) is 0.471. The molecule has 0 bridgehead atoms. The number of nitrogens with one attached hydrogen (secondary N) is 1. The number of nitrogens with zero attached hydrogens (tertiary/aromatic N) is 2. The number of amides is 1. The summed E-state index contributed by atoms with van der Waals surface area (Å²) in [5.74, 6) is 1.43. The van der Waals surface area contributed by atoms with Crippen LogP contribution in [-0.2, 0) is 4.79 Å². The van der Waals surface area contributed by atoms with Gasteiger partial charge < -0.3 is 14.6 Å². The molecule has 1 aliphatic carbocycles. The third kappa shape index (κ3) is 4.09. The van der Waals surface area contributed by atoms with Gasteiger partial charge in [0.1, 0.15) is 5.75 Å². The Labute approximate surface area is 135 Å². The molecule has 23 heavy (non-hydrogen) atoms. The summed E-state index contributed by atoms with van der Waals surface area (Å²) in [6.07, 6.45) is 5.75. The summed E-state index contributed by atoms with van der Waals surface area (Å²) in [4.78, 5) is 16.3. The van der Waals surface area contributed by atoms with E-state index < -0.39 is 0 Å². The molecule has 0 spiro atoms. The van der Waals surface area contributed by atoms with E-state index in [0.29, 0.717) is 23.0 Å². The Morgan fingerprint density at radius 2 is 2.09 bits per heavy atom. The van der Waals surface area contributed by atoms with E-state index in [-0.39, 0.29) is 18.6 Å². The van der Waals surface area contributed by atoms with Crippen molar-refractivity contribution in [3.05, 3.63) is 30.1 Å². The first-order valence-corrected chi connectivity index (χ1v) is 8.04. The highest BCUT2D eigenvalue weighted by Crippen LogP contribution is 2.28. The van der Waals surface area contributed by atoms with Gasteiger partial charge in [-0.05, 0) is 31.9 Å². The molecule has 1 amide bonds. The lowest BCUT2D eigenvalue weighted by molar-refractivity contribution is -0.124. The minimum atomic E-state index is -0.0894. The van der Waals surface area contributed by atoms with Crippen molar-refractivity contribution < 1.29 is 14.1 Å². The molecule has 0 saturated heterocycles. The molecule has 1 fully saturated rings. The molecule has 1 aromatic heterocycles. The van der Waals surface area contributed by atoms with Crippen molar-refractivity contribution >= 4 is 5.91 Å². The molecule has 1 N–H and O–H groups in total. The van der Waals surface area contributed by atoms with E-state index >= 15 is 0 Å². The lowest BCUT2D eigenvalue weighted by Crippen LogP contribution is -2.39. The maximum atomic E-state index is 12.0. The summed E-state index contributed by atoms with van der Waals surface area (Å²) >= 11 is 0. The van der Waals surface area contributed by atoms with Crippen molar-refractivity contribution in [3.63, 3.8) is 0 Å². The Morgan fingerprint density at radius 3 is 2.83 bits per heavy atom. The van der Waals surface area contributed by atoms with E-state index in [9.17, 15) is 4.79 Å². The standard InChI is InChI=1S/C17H21N3O3/c1-12-18-17(23-20-12)14-9-5-6-10-15(14)22-11-16(21)19-13-7-3-2-4-8-13/h5-6,9-10,13H,2-4,7-8,11H2,1H3,(H,19,21). The first-order chi connectivity index (χ1) is 11.2. The number of hydrogen-bond acceptors (Lipinski definition) is 5. The van der Waals surface area contributed by atoms with E-state index in [1.165, 1.54) is 19.3 Å². The second kappa shape index (κ2) is 7.26. The topological polar surface area (TPSA) is 77.2 Å². The molecule has 6 nitrogen and oxygen atoms in total. The van der Waals surface area contributed by atoms with Gasteiger partial charge in [-0.25, -0.2) is 0 Å². The van der Waals surface area contributed by atoms with Crippen LogP contribution in [0.25, 0.3) is 11.5 Å². The van der Waals surface area contributed by atoms with Gasteiger partial charge >= 0.3 is 0 Å². The predicted octanol–water partition coefficient (Wildman–Crippen LogP) is 2.87. The van der Waals surface area contributed by atoms with Crippen molar-refractivity contribution in [2.45, 2.75) is 45.1 Å². The number of carbonyl (C=O) groups is 1. The molecule has 6 heteroatoms. The highest BCUT2D eigenvalue weighted by molar-refractivity contribution is 5.78. The van der Waals surface area contributed by atoms with Crippen LogP contribution >= 0.6 is 0 Å². The van der Waals surface area contributed by atoms with E-state index in [1.807, 2.05) is 18.2 Å². The SMILES string of the molecule is Cc1noc(-c2ccccc2OCC(=O)NC2CCCCC2)n1. The first kappa shape index (κ1) is 15.5. The van der Waals surface area contributed by atoms with Gasteiger partial charge in [0.15, 0.2) is 12.4 Å². The Balaban J connectivity index is 1.60. The highest BCUT2D eigenvalue weighted by atomic mass is 16.5. The maximum absolute atomic E-state index is 12.0. The minimum Gasteiger partial charge on any atom is -0.483 e. The number of para-hydroxylation sites is 1. The molecule has 2 aromatic rings. The zero-order valence-corrected chi connectivity index (χ0v) is 13.2. The fourth-order valence-electron chi connectivity index (χ4n) is 2.84. The van der Waals surface area contributed by atoms with Gasteiger partial charge in [0, 0.05) is 6.04 Å². The second-order valence-corrected chi connectivity index (χ2v) is 5.83. The lowest BCUT2D eigenvalue weighted by atomic mass is 9.95. The number of ether oxygens (including phenoxy) is 1. The third-order valence-electron chi connectivity index (χ3n) is 3.97. The normalized spacial score (nSPS) is 15.3. The van der Waals surface area contributed by atoms with Crippen molar-refractivity contribution in [2.24, 2.45) is 0 Å². The van der Waals surface area contributed by atoms with Gasteiger partial charge in [-0.1, -0.05) is 36.6 Å². The monoisotopic (exact) mass is 315 g/mol. The van der Waals surface area contributed by atoms with Crippen LogP contribution in [0.3, 0.4) is 0 Å². The van der Waals surface area contributed by atoms with E-state index in [2.05, 4.69) is 15.5 Å². The van der Waals surface area contributed by atoms with E-state index in [4.69, 9.17) is 9.26 Å². The number of hydrogen-bond donors (Lipinski definition) is 1. The van der Waals surface area contributed by atoms with Crippen LogP contribution in [0.4, 0.5) is 0 Å². The Hall–Kier alpha value is -2.37. The maximum Gasteiger partial charge on any atom is 0.261 e. The van der Waals surface area contributed by atoms with E-state index in [1.54, 1.807) is 13.0 Å². The summed E-state index contributed by atoms with van der Waals surface area (Å²) in [6.45, 7) is 1.74. The third-order valence-corrected chi connectivity index (χ3v) is 3.97. The van der Waals surface area contributed by atoms with Crippen LogP contribution in [0.5, 0.6) is 5.75 Å². The smallest absolute Gasteiger partial charge is 0.261 e. The summed E-state index contributed by atoms with van der Waals surface area (Å²) in [5, 5.41) is 6.82. The zero-order chi connectivity index (χ0) is 16.1. The van der Waals surface area contributed by atoms with Gasteiger partial charge in [-0.3, -0.25) is 4.79 Å². The van der Waals surface area contributed by atoms with Crippen LogP contribution in [0.2, 0.25) is 0 Å². The Bertz CT molecular complexity index is 663. The summed E-state index contributed by atoms with van der Waals surface area (Å²) in [6, 6.07) is 7.63. The fourth-order valence-corrected chi connectivity index (χ4v) is 2.84. The predicted molar refractivity (Wildman–Crippen MR) is 85.0 cm³/mol. The summed E-state index contributed by atoms with van der Waals surface area (Å²) in [5.41, 5.74) is 0.693. The van der Waals surface area contributed by atoms with Gasteiger partial charge in [0.05, 0.1) is 5.56 Å². The quantitative estimate of drug-likeness (QED) is 0.918. The average Bonchev–Trinajstić information content (AvgIpc) is 3.00. The van der Waals surface area contributed by atoms with Gasteiger partial charge in [0.25, 0.3) is 11.8 Å². The summed E-state index contributed by atoms with van der Waals surface area (Å²) < 4.78 is 10.8. The van der Waals surface area contributed by atoms with Crippen molar-refractivity contribution in [3.8, 4) is 17.2 Å². The molecule has 1 heterocycles. The lowest BCUT2D eigenvalue weighted by Gasteiger charge is -2.22. The minimum absolute atomic E-state index is 0.0133. The molecule has 1 aliphatic rings. The van der Waals surface area contributed by atoms with Crippen LogP contribution < -0.4 is 10.1 Å². The summed E-state index contributed by atoms with van der Waals surface area (Å²) in [7, 11) is 0. The number of carbonyl (C=O) groups excluding carboxylic acids is 1. The molecule has 3 rings (SSSR count). The molecular formula is C17H21N3O3. The number of benzene rings is 1. The second-order valence-electron chi connectivity index (χ2n) is 5.83. The van der Waals surface area contributed by atoms with Crippen molar-refractivity contribution in [1.29, 1.82) is 0 Å². The van der Waals surface area contributed by atoms with Crippen molar-refractivity contribution in [2.75, 3.05) is 6.61 Å². The van der Waals surface area contributed by atoms with Gasteiger partial charge in [0.2, 0.25) is 0 Å². The van der Waals surface area contributed by atoms with Crippen LogP contribution in [0.1, 0.15) is 37.9 Å². The Morgan fingerprint density at radius 1 is 1.30 bits per heavy atom. The largest absolute Gasteiger partial charge is 0.483 e. The molecular weight excluding hydrogens is 294 g/mol. The van der Waals surface area contributed by atoms with Crippen molar-refractivity contribution in [1.82, 2.24) is 15.5 Å². The van der Waals surface area contributed by atoms with Gasteiger partial charge in [-0.2, -0.15) is 4.98 Å². The van der Waals surface area contributed by atoms with E-state index in [0.717, 1.165) is 12.8 Å². The highest BCUT2D eigenvalue weighted by Gasteiger charge is 2.17. The average molecular weight is 315 g/mol.